The molecule has 122 valence electrons. The first-order chi connectivity index (χ1) is 11.7. The molecule has 7 heteroatoms. The number of ether oxygens (including phenoxy) is 2. The number of benzene rings is 2. The van der Waals surface area contributed by atoms with Crippen molar-refractivity contribution >= 4 is 35.0 Å². The quantitative estimate of drug-likeness (QED) is 0.841. The molecule has 5 nitrogen and oxygen atoms in total. The maximum Gasteiger partial charge on any atom is 0.234 e. The number of thioether (sulfide) groups is 1. The van der Waals surface area contributed by atoms with E-state index >= 15 is 0 Å². The minimum Gasteiger partial charge on any atom is -0.486 e. The smallest absolute Gasteiger partial charge is 0.234 e. The molecule has 0 atom stereocenters. The number of amides is 1. The Morgan fingerprint density at radius 1 is 1.21 bits per heavy atom. The van der Waals surface area contributed by atoms with Crippen LogP contribution in [0.2, 0.25) is 5.02 Å². The summed E-state index contributed by atoms with van der Waals surface area (Å²) < 4.78 is 11.0. The predicted molar refractivity (Wildman–Crippen MR) is 93.0 cm³/mol. The zero-order chi connectivity index (χ0) is 16.9. The lowest BCUT2D eigenvalue weighted by molar-refractivity contribution is -0.113. The molecule has 1 heterocycles. The van der Waals surface area contributed by atoms with Gasteiger partial charge >= 0.3 is 0 Å². The normalized spacial score (nSPS) is 12.3. The van der Waals surface area contributed by atoms with Crippen molar-refractivity contribution in [1.29, 1.82) is 5.26 Å². The monoisotopic (exact) mass is 360 g/mol. The van der Waals surface area contributed by atoms with Gasteiger partial charge in [-0.3, -0.25) is 4.79 Å². The highest BCUT2D eigenvalue weighted by Gasteiger charge is 2.13. The molecule has 1 N–H and O–H groups in total. The number of nitrogens with one attached hydrogen (secondary N) is 1. The van der Waals surface area contributed by atoms with Crippen molar-refractivity contribution in [2.75, 3.05) is 24.3 Å². The second kappa shape index (κ2) is 7.47. The van der Waals surface area contributed by atoms with Gasteiger partial charge in [0.15, 0.2) is 11.5 Å². The molecule has 1 amide bonds. The van der Waals surface area contributed by atoms with Crippen molar-refractivity contribution in [1.82, 2.24) is 0 Å². The second-order valence-electron chi connectivity index (χ2n) is 4.95. The molecule has 24 heavy (non-hydrogen) atoms. The van der Waals surface area contributed by atoms with Gasteiger partial charge < -0.3 is 14.8 Å². The van der Waals surface area contributed by atoms with Crippen LogP contribution in [-0.4, -0.2) is 24.9 Å². The van der Waals surface area contributed by atoms with Crippen LogP contribution in [0.25, 0.3) is 0 Å². The largest absolute Gasteiger partial charge is 0.486 e. The summed E-state index contributed by atoms with van der Waals surface area (Å²) in [6.07, 6.45) is 0. The number of hydrogen-bond acceptors (Lipinski definition) is 5. The van der Waals surface area contributed by atoms with Crippen LogP contribution in [0.5, 0.6) is 11.5 Å². The van der Waals surface area contributed by atoms with Crippen LogP contribution in [-0.2, 0) is 4.79 Å². The second-order valence-corrected chi connectivity index (χ2v) is 6.40. The number of halogens is 1. The van der Waals surface area contributed by atoms with Gasteiger partial charge in [0.2, 0.25) is 5.91 Å². The number of hydrogen-bond donors (Lipinski definition) is 1. The lowest BCUT2D eigenvalue weighted by Crippen LogP contribution is -2.15. The molecule has 0 fully saturated rings. The SMILES string of the molecule is N#Cc1ccc(NC(=O)CSc2ccc3c(c2)OCCO3)cc1Cl. The molecule has 0 saturated carbocycles. The van der Waals surface area contributed by atoms with E-state index in [4.69, 9.17) is 26.3 Å². The highest BCUT2D eigenvalue weighted by molar-refractivity contribution is 8.00. The number of carbonyl (C=O) groups excluding carboxylic acids is 1. The van der Waals surface area contributed by atoms with Gasteiger partial charge in [-0.05, 0) is 36.4 Å². The minimum atomic E-state index is -0.157. The molecule has 1 aliphatic heterocycles. The Bertz CT molecular complexity index is 820. The fourth-order valence-electron chi connectivity index (χ4n) is 2.14. The number of anilines is 1. The first kappa shape index (κ1) is 16.5. The summed E-state index contributed by atoms with van der Waals surface area (Å²) >= 11 is 7.35. The third kappa shape index (κ3) is 3.94. The van der Waals surface area contributed by atoms with E-state index in [0.29, 0.717) is 35.2 Å². The van der Waals surface area contributed by atoms with Gasteiger partial charge in [0.05, 0.1) is 16.3 Å². The number of fused-ring (bicyclic) bond motifs is 1. The predicted octanol–water partition coefficient (Wildman–Crippen LogP) is 3.71. The molecular formula is C17H13ClN2O3S. The molecule has 0 bridgehead atoms. The number of nitrogens with zero attached hydrogens (tertiary/aromatic N) is 1. The third-order valence-electron chi connectivity index (χ3n) is 3.26. The van der Waals surface area contributed by atoms with E-state index in [1.54, 1.807) is 18.2 Å². The zero-order valence-corrected chi connectivity index (χ0v) is 14.1. The van der Waals surface area contributed by atoms with Gasteiger partial charge in [-0.1, -0.05) is 11.6 Å². The van der Waals surface area contributed by atoms with Crippen LogP contribution >= 0.6 is 23.4 Å². The average molecular weight is 361 g/mol. The molecule has 0 aromatic heterocycles. The summed E-state index contributed by atoms with van der Waals surface area (Å²) in [5, 5.41) is 11.9. The van der Waals surface area contributed by atoms with Crippen LogP contribution in [0, 0.1) is 11.3 Å². The summed E-state index contributed by atoms with van der Waals surface area (Å²) in [5.74, 6) is 1.51. The Kier molecular flexibility index (Phi) is 5.14. The van der Waals surface area contributed by atoms with E-state index in [1.165, 1.54) is 11.8 Å². The van der Waals surface area contributed by atoms with E-state index < -0.39 is 0 Å². The fraction of sp³-hybridized carbons (Fsp3) is 0.176. The fourth-order valence-corrected chi connectivity index (χ4v) is 3.09. The molecule has 0 spiro atoms. The Balaban J connectivity index is 1.58. The van der Waals surface area contributed by atoms with Crippen LogP contribution < -0.4 is 14.8 Å². The van der Waals surface area contributed by atoms with Crippen molar-refractivity contribution in [2.45, 2.75) is 4.90 Å². The maximum absolute atomic E-state index is 12.0. The van der Waals surface area contributed by atoms with Gasteiger partial charge in [-0.2, -0.15) is 5.26 Å². The van der Waals surface area contributed by atoms with Gasteiger partial charge in [0.25, 0.3) is 0 Å². The first-order valence-electron chi connectivity index (χ1n) is 7.17. The van der Waals surface area contributed by atoms with E-state index in [9.17, 15) is 4.79 Å². The Morgan fingerprint density at radius 3 is 2.75 bits per heavy atom. The molecular weight excluding hydrogens is 348 g/mol. The third-order valence-corrected chi connectivity index (χ3v) is 4.56. The molecule has 0 aliphatic carbocycles. The van der Waals surface area contributed by atoms with Crippen molar-refractivity contribution in [2.24, 2.45) is 0 Å². The van der Waals surface area contributed by atoms with E-state index in [2.05, 4.69) is 5.32 Å². The highest BCUT2D eigenvalue weighted by Crippen LogP contribution is 2.34. The van der Waals surface area contributed by atoms with Crippen LogP contribution in [0.4, 0.5) is 5.69 Å². The first-order valence-corrected chi connectivity index (χ1v) is 8.54. The Morgan fingerprint density at radius 2 is 2.00 bits per heavy atom. The van der Waals surface area contributed by atoms with Gasteiger partial charge in [-0.15, -0.1) is 11.8 Å². The Hall–Kier alpha value is -2.36. The molecule has 0 radical (unpaired) electrons. The van der Waals surface area contributed by atoms with Gasteiger partial charge in [0.1, 0.15) is 19.3 Å². The van der Waals surface area contributed by atoms with Crippen molar-refractivity contribution in [3.8, 4) is 17.6 Å². The molecule has 3 rings (SSSR count). The number of carbonyl (C=O) groups is 1. The lowest BCUT2D eigenvalue weighted by atomic mass is 10.2. The molecule has 0 unspecified atom stereocenters. The molecule has 1 aliphatic rings. The van der Waals surface area contributed by atoms with Crippen LogP contribution in [0.1, 0.15) is 5.56 Å². The van der Waals surface area contributed by atoms with Crippen molar-refractivity contribution < 1.29 is 14.3 Å². The minimum absolute atomic E-state index is 0.157. The number of rotatable bonds is 4. The van der Waals surface area contributed by atoms with Crippen molar-refractivity contribution in [3.63, 3.8) is 0 Å². The summed E-state index contributed by atoms with van der Waals surface area (Å²) in [7, 11) is 0. The standard InChI is InChI=1S/C17H13ClN2O3S/c18-14-7-12(2-1-11(14)9-19)20-17(21)10-24-13-3-4-15-16(8-13)23-6-5-22-15/h1-4,7-8H,5-6,10H2,(H,20,21). The summed E-state index contributed by atoms with van der Waals surface area (Å²) in [6.45, 7) is 1.08. The van der Waals surface area contributed by atoms with Crippen LogP contribution in [0.15, 0.2) is 41.3 Å². The number of nitriles is 1. The van der Waals surface area contributed by atoms with E-state index in [-0.39, 0.29) is 11.7 Å². The lowest BCUT2D eigenvalue weighted by Gasteiger charge is -2.18. The summed E-state index contributed by atoms with van der Waals surface area (Å²) in [6, 6.07) is 12.4. The van der Waals surface area contributed by atoms with Gasteiger partial charge in [-0.25, -0.2) is 0 Å². The van der Waals surface area contributed by atoms with Crippen molar-refractivity contribution in [3.05, 3.63) is 47.0 Å². The van der Waals surface area contributed by atoms with Crippen LogP contribution in [0.3, 0.4) is 0 Å². The summed E-state index contributed by atoms with van der Waals surface area (Å²) in [4.78, 5) is 13.0. The zero-order valence-electron chi connectivity index (χ0n) is 12.5. The highest BCUT2D eigenvalue weighted by atomic mass is 35.5. The topological polar surface area (TPSA) is 71.4 Å². The molecule has 0 saturated heterocycles. The van der Waals surface area contributed by atoms with E-state index in [0.717, 1.165) is 10.6 Å². The average Bonchev–Trinajstić information content (AvgIpc) is 2.60. The Labute approximate surface area is 148 Å². The van der Waals surface area contributed by atoms with E-state index in [1.807, 2.05) is 24.3 Å². The summed E-state index contributed by atoms with van der Waals surface area (Å²) in [5.41, 5.74) is 0.937. The molecule has 2 aromatic rings. The maximum atomic E-state index is 12.0. The van der Waals surface area contributed by atoms with Gasteiger partial charge in [0, 0.05) is 10.6 Å². The molecule has 2 aromatic carbocycles.